The molecule has 104 valence electrons. The summed E-state index contributed by atoms with van der Waals surface area (Å²) in [6.07, 6.45) is 0. The van der Waals surface area contributed by atoms with Crippen LogP contribution < -0.4 is 0 Å². The fourth-order valence-electron chi connectivity index (χ4n) is 1.60. The maximum atomic E-state index is 11.7. The van der Waals surface area contributed by atoms with E-state index in [1.54, 1.807) is 6.92 Å². The molecule has 0 unspecified atom stereocenters. The van der Waals surface area contributed by atoms with Crippen molar-refractivity contribution in [2.24, 2.45) is 5.41 Å². The van der Waals surface area contributed by atoms with Gasteiger partial charge in [-0.05, 0) is 12.5 Å². The Labute approximate surface area is 117 Å². The molecule has 0 aliphatic rings. The van der Waals surface area contributed by atoms with Crippen LogP contribution in [0.4, 0.5) is 0 Å². The van der Waals surface area contributed by atoms with E-state index in [9.17, 15) is 9.59 Å². The molecule has 0 saturated heterocycles. The van der Waals surface area contributed by atoms with E-state index in [0.29, 0.717) is 5.75 Å². The molecule has 19 heavy (non-hydrogen) atoms. The van der Waals surface area contributed by atoms with Gasteiger partial charge in [-0.3, -0.25) is 9.59 Å². The lowest BCUT2D eigenvalue weighted by molar-refractivity contribution is -0.165. The van der Waals surface area contributed by atoms with Crippen molar-refractivity contribution in [2.75, 3.05) is 20.0 Å². The van der Waals surface area contributed by atoms with Gasteiger partial charge in [0.15, 0.2) is 5.41 Å². The second-order valence-corrected chi connectivity index (χ2v) is 5.28. The van der Waals surface area contributed by atoms with Crippen molar-refractivity contribution in [3.8, 4) is 0 Å². The van der Waals surface area contributed by atoms with E-state index in [0.717, 1.165) is 11.3 Å². The second-order valence-electron chi connectivity index (χ2n) is 4.29. The van der Waals surface area contributed by atoms with Gasteiger partial charge in [0.1, 0.15) is 0 Å². The molecule has 1 aromatic carbocycles. The number of hydrogen-bond donors (Lipinski definition) is 0. The van der Waals surface area contributed by atoms with Crippen molar-refractivity contribution >= 4 is 23.7 Å². The molecule has 0 heterocycles. The first-order valence-electron chi connectivity index (χ1n) is 5.83. The average molecular weight is 282 g/mol. The number of carbonyl (C=O) groups excluding carboxylic acids is 2. The van der Waals surface area contributed by atoms with Crippen molar-refractivity contribution in [1.82, 2.24) is 0 Å². The molecule has 0 N–H and O–H groups in total. The second kappa shape index (κ2) is 7.19. The molecule has 1 aromatic rings. The lowest BCUT2D eigenvalue weighted by Gasteiger charge is -2.23. The van der Waals surface area contributed by atoms with Crippen LogP contribution in [-0.4, -0.2) is 31.9 Å². The monoisotopic (exact) mass is 282 g/mol. The summed E-state index contributed by atoms with van der Waals surface area (Å²) >= 11 is 1.50. The first-order valence-corrected chi connectivity index (χ1v) is 6.98. The zero-order chi connectivity index (χ0) is 14.3. The number of carbonyl (C=O) groups is 2. The normalized spacial score (nSPS) is 10.9. The highest BCUT2D eigenvalue weighted by atomic mass is 32.2. The van der Waals surface area contributed by atoms with Crippen molar-refractivity contribution < 1.29 is 19.1 Å². The molecule has 4 nitrogen and oxygen atoms in total. The predicted octanol–water partition coefficient (Wildman–Crippen LogP) is 2.27. The fraction of sp³-hybridized carbons (Fsp3) is 0.429. The molecule has 0 aliphatic heterocycles. The Morgan fingerprint density at radius 2 is 1.63 bits per heavy atom. The minimum absolute atomic E-state index is 0.321. The highest BCUT2D eigenvalue weighted by Gasteiger charge is 2.43. The highest BCUT2D eigenvalue weighted by molar-refractivity contribution is 7.98. The summed E-state index contributed by atoms with van der Waals surface area (Å²) in [7, 11) is 2.54. The Bertz CT molecular complexity index is 414. The fourth-order valence-corrected chi connectivity index (χ4v) is 2.77. The first-order chi connectivity index (χ1) is 9.04. The van der Waals surface area contributed by atoms with Crippen molar-refractivity contribution in [3.63, 3.8) is 0 Å². The van der Waals surface area contributed by atoms with Gasteiger partial charge < -0.3 is 9.47 Å². The molecule has 0 atom stereocenters. The molecule has 0 radical (unpaired) electrons. The van der Waals surface area contributed by atoms with Gasteiger partial charge in [-0.25, -0.2) is 0 Å². The van der Waals surface area contributed by atoms with Gasteiger partial charge in [-0.1, -0.05) is 30.3 Å². The van der Waals surface area contributed by atoms with Crippen molar-refractivity contribution in [3.05, 3.63) is 35.9 Å². The van der Waals surface area contributed by atoms with Crippen LogP contribution in [0.25, 0.3) is 0 Å². The highest BCUT2D eigenvalue weighted by Crippen LogP contribution is 2.27. The number of methoxy groups -OCH3 is 2. The Morgan fingerprint density at radius 1 is 1.11 bits per heavy atom. The van der Waals surface area contributed by atoms with Crippen molar-refractivity contribution in [1.29, 1.82) is 0 Å². The standard InChI is InChI=1S/C14H18O4S/c1-14(12(15)17-2,13(16)18-3)10-19-9-11-7-5-4-6-8-11/h4-8H,9-10H2,1-3H3. The molecule has 0 fully saturated rings. The molecule has 0 aromatic heterocycles. The van der Waals surface area contributed by atoms with Crippen LogP contribution in [0.2, 0.25) is 0 Å². The summed E-state index contributed by atoms with van der Waals surface area (Å²) in [6.45, 7) is 1.54. The van der Waals surface area contributed by atoms with E-state index >= 15 is 0 Å². The first kappa shape index (κ1) is 15.6. The maximum Gasteiger partial charge on any atom is 0.323 e. The largest absolute Gasteiger partial charge is 0.468 e. The number of thioether (sulfide) groups is 1. The lowest BCUT2D eigenvalue weighted by atomic mass is 9.94. The molecule has 5 heteroatoms. The minimum atomic E-state index is -1.26. The van der Waals surface area contributed by atoms with Crippen LogP contribution >= 0.6 is 11.8 Å². The molecule has 0 aliphatic carbocycles. The zero-order valence-electron chi connectivity index (χ0n) is 11.3. The zero-order valence-corrected chi connectivity index (χ0v) is 12.2. The number of rotatable bonds is 6. The third kappa shape index (κ3) is 3.99. The molecule has 0 bridgehead atoms. The van der Waals surface area contributed by atoms with Crippen LogP contribution in [0.3, 0.4) is 0 Å². The van der Waals surface area contributed by atoms with Gasteiger partial charge in [0, 0.05) is 11.5 Å². The lowest BCUT2D eigenvalue weighted by Crippen LogP contribution is -2.40. The SMILES string of the molecule is COC(=O)C(C)(CSCc1ccccc1)C(=O)OC. The quantitative estimate of drug-likeness (QED) is 0.592. The van der Waals surface area contributed by atoms with Crippen LogP contribution in [0.15, 0.2) is 30.3 Å². The van der Waals surface area contributed by atoms with Crippen LogP contribution in [0.5, 0.6) is 0 Å². The summed E-state index contributed by atoms with van der Waals surface area (Å²) in [6, 6.07) is 9.85. The van der Waals surface area contributed by atoms with Crippen LogP contribution in [0, 0.1) is 5.41 Å². The van der Waals surface area contributed by atoms with Gasteiger partial charge in [-0.15, -0.1) is 0 Å². The summed E-state index contributed by atoms with van der Waals surface area (Å²) in [5, 5.41) is 0. The third-order valence-corrected chi connectivity index (χ3v) is 4.09. The van der Waals surface area contributed by atoms with Gasteiger partial charge in [0.25, 0.3) is 0 Å². The molecule has 0 amide bonds. The van der Waals surface area contributed by atoms with Crippen LogP contribution in [-0.2, 0) is 24.8 Å². The van der Waals surface area contributed by atoms with E-state index in [1.807, 2.05) is 30.3 Å². The molecule has 0 saturated carbocycles. The summed E-state index contributed by atoms with van der Waals surface area (Å²) in [5.74, 6) is -0.0918. The molecular formula is C14H18O4S. The third-order valence-electron chi connectivity index (χ3n) is 2.77. The Kier molecular flexibility index (Phi) is 5.89. The van der Waals surface area contributed by atoms with Gasteiger partial charge in [-0.2, -0.15) is 11.8 Å². The number of ether oxygens (including phenoxy) is 2. The smallest absolute Gasteiger partial charge is 0.323 e. The maximum absolute atomic E-state index is 11.7. The molecule has 0 spiro atoms. The Morgan fingerprint density at radius 3 is 2.11 bits per heavy atom. The van der Waals surface area contributed by atoms with Gasteiger partial charge in [0.2, 0.25) is 0 Å². The number of esters is 2. The van der Waals surface area contributed by atoms with Crippen molar-refractivity contribution in [2.45, 2.75) is 12.7 Å². The predicted molar refractivity (Wildman–Crippen MR) is 74.7 cm³/mol. The van der Waals surface area contributed by atoms with Crippen LogP contribution in [0.1, 0.15) is 12.5 Å². The number of benzene rings is 1. The van der Waals surface area contributed by atoms with E-state index in [-0.39, 0.29) is 0 Å². The van der Waals surface area contributed by atoms with E-state index < -0.39 is 17.4 Å². The summed E-state index contributed by atoms with van der Waals surface area (Å²) in [4.78, 5) is 23.5. The van der Waals surface area contributed by atoms with Gasteiger partial charge in [0.05, 0.1) is 14.2 Å². The Balaban J connectivity index is 2.64. The van der Waals surface area contributed by atoms with E-state index in [4.69, 9.17) is 0 Å². The summed E-state index contributed by atoms with van der Waals surface area (Å²) < 4.78 is 9.38. The number of hydrogen-bond acceptors (Lipinski definition) is 5. The van der Waals surface area contributed by atoms with E-state index in [1.165, 1.54) is 26.0 Å². The molecular weight excluding hydrogens is 264 g/mol. The molecule has 1 rings (SSSR count). The summed E-state index contributed by atoms with van der Waals surface area (Å²) in [5.41, 5.74) is -0.118. The minimum Gasteiger partial charge on any atom is -0.468 e. The topological polar surface area (TPSA) is 52.6 Å². The average Bonchev–Trinajstić information content (AvgIpc) is 2.46. The Hall–Kier alpha value is -1.49. The van der Waals surface area contributed by atoms with E-state index in [2.05, 4.69) is 9.47 Å². The van der Waals surface area contributed by atoms with Gasteiger partial charge >= 0.3 is 11.9 Å².